The van der Waals surface area contributed by atoms with Crippen LogP contribution in [0, 0.1) is 13.8 Å². The average Bonchev–Trinajstić information content (AvgIpc) is 2.74. The minimum atomic E-state index is -4.38. The third kappa shape index (κ3) is 4.06. The van der Waals surface area contributed by atoms with E-state index in [2.05, 4.69) is 15.7 Å². The molecule has 1 fully saturated rings. The lowest BCUT2D eigenvalue weighted by Gasteiger charge is -2.30. The predicted octanol–water partition coefficient (Wildman–Crippen LogP) is 4.85. The van der Waals surface area contributed by atoms with E-state index >= 15 is 0 Å². The molecule has 6 nitrogen and oxygen atoms in total. The lowest BCUT2D eigenvalue weighted by atomic mass is 9.86. The minimum absolute atomic E-state index is 0.0225. The highest BCUT2D eigenvalue weighted by molar-refractivity contribution is 5.89. The minimum Gasteiger partial charge on any atom is -0.373 e. The van der Waals surface area contributed by atoms with Gasteiger partial charge in [-0.15, -0.1) is 5.73 Å². The lowest BCUT2D eigenvalue weighted by Crippen LogP contribution is -2.22. The van der Waals surface area contributed by atoms with Crippen LogP contribution in [0.15, 0.2) is 40.5 Å². The summed E-state index contributed by atoms with van der Waals surface area (Å²) in [6.45, 7) is 4.17. The molecule has 4 heterocycles. The highest BCUT2D eigenvalue weighted by Crippen LogP contribution is 2.42. The molecule has 5 rings (SSSR count). The van der Waals surface area contributed by atoms with Gasteiger partial charge in [-0.25, -0.2) is 15.0 Å². The van der Waals surface area contributed by atoms with Gasteiger partial charge in [0.25, 0.3) is 0 Å². The van der Waals surface area contributed by atoms with Crippen LogP contribution in [0.2, 0.25) is 0 Å². The molecular formula is C25H23F3N4O2. The highest BCUT2D eigenvalue weighted by atomic mass is 19.4. The molecule has 176 valence electrons. The number of rotatable bonds is 3. The number of allylic oxidation sites excluding steroid dienone is 1. The van der Waals surface area contributed by atoms with Crippen LogP contribution < -0.4 is 5.56 Å². The molecule has 1 saturated heterocycles. The summed E-state index contributed by atoms with van der Waals surface area (Å²) in [5.41, 5.74) is 6.84. The Morgan fingerprint density at radius 3 is 2.59 bits per heavy atom. The molecule has 0 aromatic carbocycles. The molecule has 0 spiro atoms. The molecule has 2 unspecified atom stereocenters. The van der Waals surface area contributed by atoms with Gasteiger partial charge in [0.15, 0.2) is 5.65 Å². The van der Waals surface area contributed by atoms with Crippen molar-refractivity contribution in [3.05, 3.63) is 74.3 Å². The SMILES string of the molecule is Cc1nc2nc(C3CCOC(c4ccc(=O)n(C)c4)C3)cc(C3=C=C(C(F)(F)F)C3)c2nc1C. The molecule has 1 aliphatic carbocycles. The Kier molecular flexibility index (Phi) is 5.41. The van der Waals surface area contributed by atoms with Gasteiger partial charge < -0.3 is 9.30 Å². The molecule has 3 aromatic rings. The highest BCUT2D eigenvalue weighted by Gasteiger charge is 2.38. The summed E-state index contributed by atoms with van der Waals surface area (Å²) in [5, 5.41) is 0. The number of hydrogen-bond acceptors (Lipinski definition) is 5. The van der Waals surface area contributed by atoms with Gasteiger partial charge in [-0.3, -0.25) is 4.79 Å². The Bertz CT molecular complexity index is 1430. The number of hydrogen-bond donors (Lipinski definition) is 0. The lowest BCUT2D eigenvalue weighted by molar-refractivity contribution is -0.0934. The fourth-order valence-corrected chi connectivity index (χ4v) is 4.44. The van der Waals surface area contributed by atoms with E-state index < -0.39 is 11.7 Å². The van der Waals surface area contributed by atoms with Crippen molar-refractivity contribution in [3.8, 4) is 0 Å². The number of fused-ring (bicyclic) bond motifs is 1. The molecule has 2 aliphatic rings. The van der Waals surface area contributed by atoms with E-state index in [1.807, 2.05) is 19.9 Å². The molecule has 0 N–H and O–H groups in total. The molecule has 2 atom stereocenters. The molecular weight excluding hydrogens is 445 g/mol. The monoisotopic (exact) mass is 468 g/mol. The van der Waals surface area contributed by atoms with Crippen molar-refractivity contribution in [1.82, 2.24) is 19.5 Å². The van der Waals surface area contributed by atoms with Crippen molar-refractivity contribution in [2.75, 3.05) is 6.61 Å². The standard InChI is InChI=1S/C25H23F3N4O2/c1-13-14(2)30-24-23(29-13)19(17-8-18(9-17)25(26,27)28)11-20(31-24)15-6-7-34-21(10-15)16-4-5-22(33)32(3)12-16/h4-5,11-12,15,21H,6-8,10H2,1-3H3. The van der Waals surface area contributed by atoms with Gasteiger partial charge in [0.05, 0.1) is 23.1 Å². The zero-order chi connectivity index (χ0) is 24.2. The van der Waals surface area contributed by atoms with Crippen LogP contribution in [0.25, 0.3) is 16.7 Å². The Hall–Kier alpha value is -3.29. The molecule has 0 saturated carbocycles. The number of aromatic nitrogens is 4. The summed E-state index contributed by atoms with van der Waals surface area (Å²) in [6.07, 6.45) is -1.66. The number of halogens is 3. The Morgan fingerprint density at radius 1 is 1.15 bits per heavy atom. The third-order valence-electron chi connectivity index (χ3n) is 6.58. The van der Waals surface area contributed by atoms with Crippen LogP contribution in [-0.4, -0.2) is 32.3 Å². The summed E-state index contributed by atoms with van der Waals surface area (Å²) in [6, 6.07) is 5.13. The van der Waals surface area contributed by atoms with Crippen LogP contribution in [0.1, 0.15) is 59.5 Å². The summed E-state index contributed by atoms with van der Waals surface area (Å²) in [5.74, 6) is 0.0225. The van der Waals surface area contributed by atoms with E-state index in [1.54, 1.807) is 19.3 Å². The number of ether oxygens (including phenoxy) is 1. The zero-order valence-corrected chi connectivity index (χ0v) is 19.0. The molecule has 1 aliphatic heterocycles. The average molecular weight is 468 g/mol. The van der Waals surface area contributed by atoms with E-state index in [0.717, 1.165) is 23.4 Å². The van der Waals surface area contributed by atoms with E-state index in [4.69, 9.17) is 9.72 Å². The largest absolute Gasteiger partial charge is 0.420 e. The van der Waals surface area contributed by atoms with E-state index in [-0.39, 0.29) is 24.0 Å². The van der Waals surface area contributed by atoms with Gasteiger partial charge >= 0.3 is 6.18 Å². The fraction of sp³-hybridized carbons (Fsp3) is 0.400. The van der Waals surface area contributed by atoms with Crippen molar-refractivity contribution >= 4 is 16.7 Å². The first kappa shape index (κ1) is 22.5. The molecule has 0 bridgehead atoms. The molecule has 9 heteroatoms. The smallest absolute Gasteiger partial charge is 0.373 e. The number of aryl methyl sites for hydroxylation is 3. The van der Waals surface area contributed by atoms with Crippen molar-refractivity contribution in [1.29, 1.82) is 0 Å². The van der Waals surface area contributed by atoms with Crippen molar-refractivity contribution in [2.24, 2.45) is 7.05 Å². The predicted molar refractivity (Wildman–Crippen MR) is 120 cm³/mol. The first-order valence-electron chi connectivity index (χ1n) is 11.1. The zero-order valence-electron chi connectivity index (χ0n) is 19.0. The number of nitrogens with zero attached hydrogens (tertiary/aromatic N) is 4. The number of alkyl halides is 3. The van der Waals surface area contributed by atoms with Gasteiger partial charge in [0.2, 0.25) is 5.56 Å². The second-order valence-electron chi connectivity index (χ2n) is 8.91. The Labute approximate surface area is 193 Å². The summed E-state index contributed by atoms with van der Waals surface area (Å²) < 4.78 is 46.7. The van der Waals surface area contributed by atoms with Gasteiger partial charge in [-0.1, -0.05) is 0 Å². The normalized spacial score (nSPS) is 20.6. The second kappa shape index (κ2) is 8.18. The topological polar surface area (TPSA) is 69.9 Å². The van der Waals surface area contributed by atoms with E-state index in [9.17, 15) is 18.0 Å². The van der Waals surface area contributed by atoms with Crippen molar-refractivity contribution < 1.29 is 17.9 Å². The quantitative estimate of drug-likeness (QED) is 0.514. The molecule has 3 aromatic heterocycles. The Balaban J connectivity index is 1.57. The maximum absolute atomic E-state index is 13.1. The maximum Gasteiger partial charge on any atom is 0.420 e. The molecule has 0 amide bonds. The van der Waals surface area contributed by atoms with Crippen LogP contribution in [-0.2, 0) is 11.8 Å². The summed E-state index contributed by atoms with van der Waals surface area (Å²) >= 11 is 0. The van der Waals surface area contributed by atoms with Crippen LogP contribution in [0.3, 0.4) is 0 Å². The first-order chi connectivity index (χ1) is 16.1. The fourth-order valence-electron chi connectivity index (χ4n) is 4.44. The van der Waals surface area contributed by atoms with Crippen molar-refractivity contribution in [2.45, 2.75) is 51.3 Å². The van der Waals surface area contributed by atoms with Crippen molar-refractivity contribution in [3.63, 3.8) is 0 Å². The van der Waals surface area contributed by atoms with E-state index in [1.165, 1.54) is 10.6 Å². The van der Waals surface area contributed by atoms with Gasteiger partial charge in [-0.05, 0) is 44.4 Å². The summed E-state index contributed by atoms with van der Waals surface area (Å²) in [4.78, 5) is 25.7. The van der Waals surface area contributed by atoms with Gasteiger partial charge in [-0.2, -0.15) is 13.2 Å². The van der Waals surface area contributed by atoms with Crippen LogP contribution in [0.5, 0.6) is 0 Å². The van der Waals surface area contributed by atoms with Gasteiger partial charge in [0, 0.05) is 55.1 Å². The second-order valence-corrected chi connectivity index (χ2v) is 8.91. The third-order valence-corrected chi connectivity index (χ3v) is 6.58. The van der Waals surface area contributed by atoms with E-state index in [0.29, 0.717) is 41.0 Å². The first-order valence-corrected chi connectivity index (χ1v) is 11.1. The number of pyridine rings is 2. The maximum atomic E-state index is 13.1. The van der Waals surface area contributed by atoms with Crippen LogP contribution in [0.4, 0.5) is 13.2 Å². The summed E-state index contributed by atoms with van der Waals surface area (Å²) in [7, 11) is 1.70. The van der Waals surface area contributed by atoms with Crippen LogP contribution >= 0.6 is 0 Å². The van der Waals surface area contributed by atoms with Gasteiger partial charge in [0.1, 0.15) is 5.52 Å². The molecule has 34 heavy (non-hydrogen) atoms. The molecule has 0 radical (unpaired) electrons. The Morgan fingerprint density at radius 2 is 1.88 bits per heavy atom.